The third kappa shape index (κ3) is 6.36. The quantitative estimate of drug-likeness (QED) is 0.559. The summed E-state index contributed by atoms with van der Waals surface area (Å²) in [6, 6.07) is 10.6. The monoisotopic (exact) mass is 349 g/mol. The number of rotatable bonds is 8. The van der Waals surface area contributed by atoms with E-state index in [1.807, 2.05) is 11.8 Å². The van der Waals surface area contributed by atoms with Crippen LogP contribution in [0.5, 0.6) is 0 Å². The minimum absolute atomic E-state index is 0.245. The summed E-state index contributed by atoms with van der Waals surface area (Å²) in [5.41, 5.74) is 1.35. The molecular weight excluding hydrogens is 318 g/mol. The van der Waals surface area contributed by atoms with Crippen molar-refractivity contribution in [1.82, 2.24) is 10.6 Å². The van der Waals surface area contributed by atoms with E-state index in [0.717, 1.165) is 63.8 Å². The number of thioether (sulfide) groups is 1. The van der Waals surface area contributed by atoms with Crippen LogP contribution in [0, 0.1) is 0 Å². The van der Waals surface area contributed by atoms with E-state index >= 15 is 0 Å². The molecule has 1 aliphatic rings. The maximum Gasteiger partial charge on any atom is 0.191 e. The maximum atomic E-state index is 5.55. The van der Waals surface area contributed by atoms with Crippen LogP contribution in [0.3, 0.4) is 0 Å². The Morgan fingerprint density at radius 3 is 2.58 bits per heavy atom. The van der Waals surface area contributed by atoms with Crippen LogP contribution in [-0.4, -0.2) is 49.3 Å². The van der Waals surface area contributed by atoms with Gasteiger partial charge in [-0.1, -0.05) is 37.3 Å². The molecule has 1 aromatic rings. The van der Waals surface area contributed by atoms with Gasteiger partial charge in [-0.2, -0.15) is 11.8 Å². The molecular formula is C19H31N3OS. The second kappa shape index (κ2) is 10.6. The van der Waals surface area contributed by atoms with Gasteiger partial charge in [-0.15, -0.1) is 0 Å². The zero-order valence-corrected chi connectivity index (χ0v) is 15.8. The maximum absolute atomic E-state index is 5.55. The van der Waals surface area contributed by atoms with Gasteiger partial charge in [0.1, 0.15) is 0 Å². The predicted molar refractivity (Wildman–Crippen MR) is 105 cm³/mol. The van der Waals surface area contributed by atoms with Crippen molar-refractivity contribution in [2.75, 3.05) is 38.6 Å². The fourth-order valence-electron chi connectivity index (χ4n) is 2.93. The molecule has 5 heteroatoms. The van der Waals surface area contributed by atoms with Gasteiger partial charge in [0.2, 0.25) is 0 Å². The number of nitrogens with one attached hydrogen (secondary N) is 2. The van der Waals surface area contributed by atoms with Gasteiger partial charge in [0.15, 0.2) is 5.96 Å². The second-order valence-electron chi connectivity index (χ2n) is 6.09. The molecule has 1 fully saturated rings. The number of nitrogens with zero attached hydrogens (tertiary/aromatic N) is 1. The largest absolute Gasteiger partial charge is 0.381 e. The first kappa shape index (κ1) is 19.1. The molecule has 0 amide bonds. The average Bonchev–Trinajstić information content (AvgIpc) is 2.62. The molecule has 0 spiro atoms. The number of benzene rings is 1. The van der Waals surface area contributed by atoms with Gasteiger partial charge in [-0.05, 0) is 37.5 Å². The van der Waals surface area contributed by atoms with E-state index in [9.17, 15) is 0 Å². The Bertz CT molecular complexity index is 481. The van der Waals surface area contributed by atoms with Crippen LogP contribution in [0.25, 0.3) is 0 Å². The van der Waals surface area contributed by atoms with Gasteiger partial charge in [0, 0.05) is 31.1 Å². The van der Waals surface area contributed by atoms with E-state index in [2.05, 4.69) is 54.8 Å². The highest BCUT2D eigenvalue weighted by Gasteiger charge is 2.32. The third-order valence-corrected chi connectivity index (χ3v) is 5.71. The summed E-state index contributed by atoms with van der Waals surface area (Å²) in [6.07, 6.45) is 3.20. The topological polar surface area (TPSA) is 45.7 Å². The molecule has 1 heterocycles. The molecule has 2 N–H and O–H groups in total. The lowest BCUT2D eigenvalue weighted by atomic mass is 9.99. The molecule has 0 saturated carbocycles. The van der Waals surface area contributed by atoms with E-state index in [4.69, 9.17) is 9.73 Å². The molecule has 134 valence electrons. The molecule has 0 bridgehead atoms. The Balaban J connectivity index is 1.88. The van der Waals surface area contributed by atoms with Crippen LogP contribution >= 0.6 is 11.8 Å². The lowest BCUT2D eigenvalue weighted by molar-refractivity contribution is 0.0793. The fourth-order valence-corrected chi connectivity index (χ4v) is 4.16. The Kier molecular flexibility index (Phi) is 8.47. The summed E-state index contributed by atoms with van der Waals surface area (Å²) >= 11 is 2.04. The van der Waals surface area contributed by atoms with E-state index in [0.29, 0.717) is 0 Å². The van der Waals surface area contributed by atoms with Crippen LogP contribution in [0.15, 0.2) is 35.3 Å². The fraction of sp³-hybridized carbons (Fsp3) is 0.632. The van der Waals surface area contributed by atoms with E-state index in [1.54, 1.807) is 0 Å². The number of guanidine groups is 1. The molecule has 1 saturated heterocycles. The second-order valence-corrected chi connectivity index (χ2v) is 7.82. The lowest BCUT2D eigenvalue weighted by Gasteiger charge is -2.35. The summed E-state index contributed by atoms with van der Waals surface area (Å²) in [7, 11) is 0. The van der Waals surface area contributed by atoms with Crippen LogP contribution in [0.1, 0.15) is 32.3 Å². The summed E-state index contributed by atoms with van der Waals surface area (Å²) in [6.45, 7) is 8.70. The van der Waals surface area contributed by atoms with Crippen LogP contribution < -0.4 is 10.6 Å². The van der Waals surface area contributed by atoms with E-state index in [-0.39, 0.29) is 4.75 Å². The standard InChI is InChI=1S/C19H31N3OS/c1-3-20-18(21-13-10-17-8-6-5-7-9-17)22-16-19(24-4-2)11-14-23-15-12-19/h5-9H,3-4,10-16H2,1-2H3,(H2,20,21,22). The highest BCUT2D eigenvalue weighted by atomic mass is 32.2. The Hall–Kier alpha value is -1.20. The van der Waals surface area contributed by atoms with Gasteiger partial charge >= 0.3 is 0 Å². The molecule has 0 radical (unpaired) electrons. The first-order valence-corrected chi connectivity index (χ1v) is 10.0. The van der Waals surface area contributed by atoms with Gasteiger partial charge in [0.05, 0.1) is 6.54 Å². The van der Waals surface area contributed by atoms with E-state index < -0.39 is 0 Å². The van der Waals surface area contributed by atoms with Gasteiger partial charge in [-0.3, -0.25) is 4.99 Å². The molecule has 0 aliphatic carbocycles. The van der Waals surface area contributed by atoms with E-state index in [1.165, 1.54) is 5.56 Å². The first-order chi connectivity index (χ1) is 11.8. The summed E-state index contributed by atoms with van der Waals surface area (Å²) in [5, 5.41) is 6.83. The van der Waals surface area contributed by atoms with Crippen molar-refractivity contribution in [3.8, 4) is 0 Å². The smallest absolute Gasteiger partial charge is 0.191 e. The summed E-state index contributed by atoms with van der Waals surface area (Å²) in [5.74, 6) is 2.06. The van der Waals surface area contributed by atoms with Gasteiger partial charge in [-0.25, -0.2) is 0 Å². The van der Waals surface area contributed by atoms with Crippen molar-refractivity contribution >= 4 is 17.7 Å². The van der Waals surface area contributed by atoms with Crippen molar-refractivity contribution in [3.05, 3.63) is 35.9 Å². The van der Waals surface area contributed by atoms with Crippen molar-refractivity contribution in [2.24, 2.45) is 4.99 Å². The molecule has 1 aliphatic heterocycles. The average molecular weight is 350 g/mol. The molecule has 0 aromatic heterocycles. The number of hydrogen-bond donors (Lipinski definition) is 2. The highest BCUT2D eigenvalue weighted by molar-refractivity contribution is 8.00. The summed E-state index contributed by atoms with van der Waals surface area (Å²) < 4.78 is 5.79. The minimum atomic E-state index is 0.245. The molecule has 24 heavy (non-hydrogen) atoms. The highest BCUT2D eigenvalue weighted by Crippen LogP contribution is 2.35. The Morgan fingerprint density at radius 1 is 1.17 bits per heavy atom. The van der Waals surface area contributed by atoms with Crippen molar-refractivity contribution in [1.29, 1.82) is 0 Å². The van der Waals surface area contributed by atoms with Gasteiger partial charge in [0.25, 0.3) is 0 Å². The minimum Gasteiger partial charge on any atom is -0.381 e. The number of aliphatic imine (C=N–C) groups is 1. The lowest BCUT2D eigenvalue weighted by Crippen LogP contribution is -2.41. The van der Waals surface area contributed by atoms with Crippen molar-refractivity contribution in [3.63, 3.8) is 0 Å². The molecule has 4 nitrogen and oxygen atoms in total. The molecule has 0 atom stereocenters. The van der Waals surface area contributed by atoms with Crippen molar-refractivity contribution in [2.45, 2.75) is 37.9 Å². The van der Waals surface area contributed by atoms with Crippen LogP contribution in [-0.2, 0) is 11.2 Å². The van der Waals surface area contributed by atoms with Crippen LogP contribution in [0.4, 0.5) is 0 Å². The van der Waals surface area contributed by atoms with Crippen LogP contribution in [0.2, 0.25) is 0 Å². The first-order valence-electron chi connectivity index (χ1n) is 9.06. The molecule has 2 rings (SSSR count). The zero-order chi connectivity index (χ0) is 17.1. The summed E-state index contributed by atoms with van der Waals surface area (Å²) in [4.78, 5) is 4.88. The van der Waals surface area contributed by atoms with Crippen molar-refractivity contribution < 1.29 is 4.74 Å². The molecule has 0 unspecified atom stereocenters. The zero-order valence-electron chi connectivity index (χ0n) is 15.0. The molecule has 1 aromatic carbocycles. The number of hydrogen-bond acceptors (Lipinski definition) is 3. The number of ether oxygens (including phenoxy) is 1. The SMILES string of the molecule is CCNC(=NCC1(SCC)CCOCC1)NCCc1ccccc1. The normalized spacial score (nSPS) is 17.5. The van der Waals surface area contributed by atoms with Gasteiger partial charge < -0.3 is 15.4 Å². The third-order valence-electron chi connectivity index (χ3n) is 4.27. The Morgan fingerprint density at radius 2 is 1.92 bits per heavy atom. The Labute approximate surface area is 150 Å². The predicted octanol–water partition coefficient (Wildman–Crippen LogP) is 3.09.